The molecule has 0 unspecified atom stereocenters. The van der Waals surface area contributed by atoms with Gasteiger partial charge in [0.2, 0.25) is 0 Å². The number of alkyl halides is 3. The summed E-state index contributed by atoms with van der Waals surface area (Å²) in [7, 11) is 0. The van der Waals surface area contributed by atoms with Gasteiger partial charge in [-0.05, 0) is 12.1 Å². The summed E-state index contributed by atoms with van der Waals surface area (Å²) in [5.74, 6) is -0.602. The van der Waals surface area contributed by atoms with Gasteiger partial charge < -0.3 is 5.73 Å². The molecular weight excluding hydrogens is 193 g/mol. The number of nitrogens with zero attached hydrogens (tertiary/aromatic N) is 1. The van der Waals surface area contributed by atoms with Crippen molar-refractivity contribution < 1.29 is 13.2 Å². The van der Waals surface area contributed by atoms with Gasteiger partial charge in [-0.1, -0.05) is 11.6 Å². The molecule has 0 aromatic carbocycles. The van der Waals surface area contributed by atoms with E-state index < -0.39 is 17.6 Å². The Bertz CT molecular complexity index is 297. The highest BCUT2D eigenvalue weighted by molar-refractivity contribution is 6.29. The minimum absolute atomic E-state index is 0.0551. The van der Waals surface area contributed by atoms with Crippen LogP contribution in [0, 0.1) is 0 Å². The minimum atomic E-state index is -4.47. The Kier molecular flexibility index (Phi) is 2.14. The number of hydrogen-bond donors (Lipinski definition) is 1. The molecule has 2 nitrogen and oxygen atoms in total. The predicted octanol–water partition coefficient (Wildman–Crippen LogP) is 2.34. The van der Waals surface area contributed by atoms with Gasteiger partial charge in [0.05, 0.1) is 5.56 Å². The second-order valence-corrected chi connectivity index (χ2v) is 2.45. The van der Waals surface area contributed by atoms with E-state index in [2.05, 4.69) is 4.98 Å². The molecule has 2 N–H and O–H groups in total. The third-order valence-electron chi connectivity index (χ3n) is 1.20. The van der Waals surface area contributed by atoms with E-state index in [1.807, 2.05) is 0 Å². The van der Waals surface area contributed by atoms with Crippen LogP contribution in [0.1, 0.15) is 5.56 Å². The Morgan fingerprint density at radius 2 is 1.92 bits per heavy atom. The number of nitrogen functional groups attached to an aromatic ring is 1. The normalized spacial score (nSPS) is 11.7. The Hall–Kier alpha value is -0.970. The fourth-order valence-corrected chi connectivity index (χ4v) is 0.844. The Morgan fingerprint density at radius 1 is 1.33 bits per heavy atom. The molecule has 0 fully saturated rings. The maximum Gasteiger partial charge on any atom is 0.419 e. The molecule has 6 heteroatoms. The van der Waals surface area contributed by atoms with Crippen LogP contribution in [0.25, 0.3) is 0 Å². The van der Waals surface area contributed by atoms with Crippen LogP contribution < -0.4 is 5.73 Å². The topological polar surface area (TPSA) is 38.9 Å². The molecule has 0 bridgehead atoms. The zero-order valence-corrected chi connectivity index (χ0v) is 6.45. The van der Waals surface area contributed by atoms with Crippen LogP contribution in [-0.2, 0) is 6.18 Å². The number of aromatic nitrogens is 1. The molecule has 1 aromatic rings. The van der Waals surface area contributed by atoms with Gasteiger partial charge in [-0.2, -0.15) is 13.2 Å². The lowest BCUT2D eigenvalue weighted by Gasteiger charge is -2.07. The van der Waals surface area contributed by atoms with E-state index in [0.29, 0.717) is 0 Å². The largest absolute Gasteiger partial charge is 0.419 e. The van der Waals surface area contributed by atoms with Crippen molar-refractivity contribution in [1.29, 1.82) is 0 Å². The van der Waals surface area contributed by atoms with Crippen LogP contribution in [0.5, 0.6) is 0 Å². The summed E-state index contributed by atoms with van der Waals surface area (Å²) in [5.41, 5.74) is 4.03. The van der Waals surface area contributed by atoms with E-state index in [9.17, 15) is 13.2 Å². The molecule has 12 heavy (non-hydrogen) atoms. The molecule has 1 rings (SSSR count). The van der Waals surface area contributed by atoms with Gasteiger partial charge in [-0.3, -0.25) is 0 Å². The standard InChI is InChI=1S/C6H4ClF3N2/c7-4-2-1-3(5(11)12-4)6(8,9)10/h1-2H,(H2,11,12). The second kappa shape index (κ2) is 2.82. The van der Waals surface area contributed by atoms with Crippen molar-refractivity contribution in [1.82, 2.24) is 4.98 Å². The molecule has 0 saturated heterocycles. The van der Waals surface area contributed by atoms with Crippen LogP contribution in [0.15, 0.2) is 12.1 Å². The maximum atomic E-state index is 12.0. The van der Waals surface area contributed by atoms with Gasteiger partial charge in [0.25, 0.3) is 0 Å². The lowest BCUT2D eigenvalue weighted by Crippen LogP contribution is -2.09. The van der Waals surface area contributed by atoms with Crippen molar-refractivity contribution in [2.45, 2.75) is 6.18 Å². The Morgan fingerprint density at radius 3 is 2.33 bits per heavy atom. The maximum absolute atomic E-state index is 12.0. The fourth-order valence-electron chi connectivity index (χ4n) is 0.690. The van der Waals surface area contributed by atoms with Gasteiger partial charge in [0.1, 0.15) is 11.0 Å². The van der Waals surface area contributed by atoms with Crippen LogP contribution >= 0.6 is 11.6 Å². The van der Waals surface area contributed by atoms with Crippen molar-refractivity contribution in [3.8, 4) is 0 Å². The summed E-state index contributed by atoms with van der Waals surface area (Å²) in [6.07, 6.45) is -4.47. The van der Waals surface area contributed by atoms with Gasteiger partial charge in [0.15, 0.2) is 0 Å². The molecule has 0 aliphatic heterocycles. The molecule has 0 aliphatic rings. The molecule has 0 atom stereocenters. The Labute approximate surface area is 71.2 Å². The van der Waals surface area contributed by atoms with E-state index in [0.717, 1.165) is 12.1 Å². The average Bonchev–Trinajstić information content (AvgIpc) is 1.83. The SMILES string of the molecule is Nc1nc(Cl)ccc1C(F)(F)F. The number of rotatable bonds is 0. The van der Waals surface area contributed by atoms with Crippen molar-refractivity contribution >= 4 is 17.4 Å². The van der Waals surface area contributed by atoms with Crippen LogP contribution in [0.2, 0.25) is 5.15 Å². The van der Waals surface area contributed by atoms with Crippen molar-refractivity contribution in [3.05, 3.63) is 22.8 Å². The summed E-state index contributed by atoms with van der Waals surface area (Å²) in [5, 5.41) is -0.0551. The Balaban J connectivity index is 3.19. The molecule has 0 radical (unpaired) electrons. The van der Waals surface area contributed by atoms with E-state index in [4.69, 9.17) is 17.3 Å². The van der Waals surface area contributed by atoms with E-state index in [1.54, 1.807) is 0 Å². The van der Waals surface area contributed by atoms with Gasteiger partial charge in [-0.25, -0.2) is 4.98 Å². The van der Waals surface area contributed by atoms with Gasteiger partial charge >= 0.3 is 6.18 Å². The highest BCUT2D eigenvalue weighted by Crippen LogP contribution is 2.32. The first-order valence-electron chi connectivity index (χ1n) is 2.90. The number of anilines is 1. The fraction of sp³-hybridized carbons (Fsp3) is 0.167. The average molecular weight is 197 g/mol. The van der Waals surface area contributed by atoms with Gasteiger partial charge in [-0.15, -0.1) is 0 Å². The summed E-state index contributed by atoms with van der Waals surface area (Å²) < 4.78 is 36.1. The van der Waals surface area contributed by atoms with E-state index in [-0.39, 0.29) is 5.15 Å². The van der Waals surface area contributed by atoms with Crippen molar-refractivity contribution in [2.75, 3.05) is 5.73 Å². The third-order valence-corrected chi connectivity index (χ3v) is 1.41. The summed E-state index contributed by atoms with van der Waals surface area (Å²) in [4.78, 5) is 3.26. The molecule has 1 aromatic heterocycles. The van der Waals surface area contributed by atoms with E-state index in [1.165, 1.54) is 0 Å². The number of nitrogens with two attached hydrogens (primary N) is 1. The molecule has 0 saturated carbocycles. The third kappa shape index (κ3) is 1.79. The zero-order chi connectivity index (χ0) is 9.35. The molecular formula is C6H4ClF3N2. The lowest BCUT2D eigenvalue weighted by molar-refractivity contribution is -0.137. The smallest absolute Gasteiger partial charge is 0.383 e. The highest BCUT2D eigenvalue weighted by Gasteiger charge is 2.33. The first-order chi connectivity index (χ1) is 5.41. The molecule has 0 amide bonds. The first-order valence-corrected chi connectivity index (χ1v) is 3.28. The predicted molar refractivity (Wildman–Crippen MR) is 38.7 cm³/mol. The number of pyridine rings is 1. The number of hydrogen-bond acceptors (Lipinski definition) is 2. The zero-order valence-electron chi connectivity index (χ0n) is 5.69. The molecule has 0 spiro atoms. The summed E-state index contributed by atoms with van der Waals surface area (Å²) in [6, 6.07) is 1.84. The van der Waals surface area contributed by atoms with E-state index >= 15 is 0 Å². The quantitative estimate of drug-likeness (QED) is 0.647. The first kappa shape index (κ1) is 9.12. The second-order valence-electron chi connectivity index (χ2n) is 2.06. The van der Waals surface area contributed by atoms with Crippen LogP contribution in [0.3, 0.4) is 0 Å². The highest BCUT2D eigenvalue weighted by atomic mass is 35.5. The summed E-state index contributed by atoms with van der Waals surface area (Å²) in [6.45, 7) is 0. The van der Waals surface area contributed by atoms with Gasteiger partial charge in [0, 0.05) is 0 Å². The molecule has 0 aliphatic carbocycles. The summed E-state index contributed by atoms with van der Waals surface area (Å²) >= 11 is 5.31. The molecule has 1 heterocycles. The number of halogens is 4. The minimum Gasteiger partial charge on any atom is -0.383 e. The molecule has 66 valence electrons. The van der Waals surface area contributed by atoms with Crippen molar-refractivity contribution in [3.63, 3.8) is 0 Å². The van der Waals surface area contributed by atoms with Crippen LogP contribution in [-0.4, -0.2) is 4.98 Å². The monoisotopic (exact) mass is 196 g/mol. The lowest BCUT2D eigenvalue weighted by atomic mass is 10.2. The van der Waals surface area contributed by atoms with Crippen LogP contribution in [0.4, 0.5) is 19.0 Å². The van der Waals surface area contributed by atoms with Crippen molar-refractivity contribution in [2.24, 2.45) is 0 Å².